The van der Waals surface area contributed by atoms with Gasteiger partial charge in [-0.05, 0) is 5.41 Å². The van der Waals surface area contributed by atoms with Crippen LogP contribution in [0.1, 0.15) is 0 Å². The van der Waals surface area contributed by atoms with Crippen molar-refractivity contribution in [2.45, 2.75) is 0 Å². The Morgan fingerprint density at radius 3 is 3.33 bits per heavy atom. The third kappa shape index (κ3) is 2.04. The number of hydrogen-bond acceptors (Lipinski definition) is 3. The van der Waals surface area contributed by atoms with Crippen LogP contribution in [0.2, 0.25) is 0 Å². The average Bonchev–Trinajstić information content (AvgIpc) is 2.34. The molecule has 3 heteroatoms. The van der Waals surface area contributed by atoms with Crippen LogP contribution in [-0.2, 0) is 4.79 Å². The van der Waals surface area contributed by atoms with Crippen LogP contribution in [0.4, 0.5) is 0 Å². The van der Waals surface area contributed by atoms with Crippen molar-refractivity contribution in [3.8, 4) is 0 Å². The second-order valence-electron chi connectivity index (χ2n) is 1.85. The van der Waals surface area contributed by atoms with E-state index >= 15 is 0 Å². The van der Waals surface area contributed by atoms with Gasteiger partial charge in [0, 0.05) is 11.7 Å². The average molecular weight is 141 g/mol. The molecule has 0 saturated carbocycles. The number of aliphatic imine (C=N–C) groups is 1. The summed E-state index contributed by atoms with van der Waals surface area (Å²) in [6.07, 6.45) is 3.60. The van der Waals surface area contributed by atoms with Gasteiger partial charge in [0.2, 0.25) is 6.08 Å². The topological polar surface area (TPSA) is 29.4 Å². The van der Waals surface area contributed by atoms with E-state index in [0.29, 0.717) is 12.5 Å². The molecule has 2 nitrogen and oxygen atoms in total. The quantitative estimate of drug-likeness (QED) is 0.427. The van der Waals surface area contributed by atoms with Crippen LogP contribution >= 0.6 is 11.8 Å². The zero-order chi connectivity index (χ0) is 6.53. The zero-order valence-electron chi connectivity index (χ0n) is 4.91. The standard InChI is InChI=1S/C6H7NOS/c8-5-7-3-6-1-2-9-4-6/h1-2,6H,3-4H2. The number of isocyanates is 1. The molecule has 0 aromatic rings. The van der Waals surface area contributed by atoms with Gasteiger partial charge in [-0.3, -0.25) is 0 Å². The summed E-state index contributed by atoms with van der Waals surface area (Å²) in [7, 11) is 0. The molecule has 1 aliphatic rings. The van der Waals surface area contributed by atoms with Gasteiger partial charge in [0.1, 0.15) is 0 Å². The minimum Gasteiger partial charge on any atom is -0.211 e. The molecule has 0 radical (unpaired) electrons. The summed E-state index contributed by atoms with van der Waals surface area (Å²) in [4.78, 5) is 13.1. The zero-order valence-corrected chi connectivity index (χ0v) is 5.73. The predicted octanol–water partition coefficient (Wildman–Crippen LogP) is 1.20. The molecule has 0 aliphatic carbocycles. The summed E-state index contributed by atoms with van der Waals surface area (Å²) in [5, 5.41) is 2.05. The van der Waals surface area contributed by atoms with E-state index < -0.39 is 0 Å². The molecule has 0 aromatic heterocycles. The normalized spacial score (nSPS) is 23.8. The van der Waals surface area contributed by atoms with E-state index in [1.807, 2.05) is 5.41 Å². The van der Waals surface area contributed by atoms with Crippen LogP contribution in [0.15, 0.2) is 16.5 Å². The first-order valence-electron chi connectivity index (χ1n) is 2.75. The molecule has 0 fully saturated rings. The smallest absolute Gasteiger partial charge is 0.211 e. The molecule has 1 rings (SSSR count). The van der Waals surface area contributed by atoms with Crippen LogP contribution in [0.25, 0.3) is 0 Å². The predicted molar refractivity (Wildman–Crippen MR) is 38.1 cm³/mol. The maximum atomic E-state index is 9.64. The molecule has 1 heterocycles. The molecule has 0 amide bonds. The SMILES string of the molecule is O=C=NCC1C=CSC1. The van der Waals surface area contributed by atoms with E-state index in [1.165, 1.54) is 6.08 Å². The summed E-state index contributed by atoms with van der Waals surface area (Å²) >= 11 is 1.76. The summed E-state index contributed by atoms with van der Waals surface area (Å²) in [6.45, 7) is 0.604. The molecule has 1 unspecified atom stereocenters. The first-order chi connectivity index (χ1) is 4.43. The highest BCUT2D eigenvalue weighted by atomic mass is 32.2. The molecule has 48 valence electrons. The van der Waals surface area contributed by atoms with Crippen LogP contribution in [0, 0.1) is 5.92 Å². The number of rotatable bonds is 2. The Kier molecular flexibility index (Phi) is 2.55. The highest BCUT2D eigenvalue weighted by Gasteiger charge is 2.07. The second kappa shape index (κ2) is 3.49. The Hall–Kier alpha value is -0.530. The van der Waals surface area contributed by atoms with E-state index in [1.54, 1.807) is 11.8 Å². The van der Waals surface area contributed by atoms with Crippen molar-refractivity contribution in [3.05, 3.63) is 11.5 Å². The van der Waals surface area contributed by atoms with E-state index in [-0.39, 0.29) is 0 Å². The lowest BCUT2D eigenvalue weighted by Crippen LogP contribution is -1.99. The van der Waals surface area contributed by atoms with Gasteiger partial charge in [0.25, 0.3) is 0 Å². The third-order valence-electron chi connectivity index (χ3n) is 1.15. The fourth-order valence-electron chi connectivity index (χ4n) is 0.669. The van der Waals surface area contributed by atoms with Gasteiger partial charge in [-0.1, -0.05) is 6.08 Å². The van der Waals surface area contributed by atoms with Crippen molar-refractivity contribution in [1.82, 2.24) is 0 Å². The summed E-state index contributed by atoms with van der Waals surface area (Å²) in [6, 6.07) is 0. The maximum Gasteiger partial charge on any atom is 0.234 e. The Labute approximate surface area is 58.0 Å². The fourth-order valence-corrected chi connectivity index (χ4v) is 1.58. The van der Waals surface area contributed by atoms with Crippen LogP contribution < -0.4 is 0 Å². The monoisotopic (exact) mass is 141 g/mol. The largest absolute Gasteiger partial charge is 0.234 e. The summed E-state index contributed by atoms with van der Waals surface area (Å²) < 4.78 is 0. The van der Waals surface area contributed by atoms with Crippen LogP contribution in [-0.4, -0.2) is 18.4 Å². The summed E-state index contributed by atoms with van der Waals surface area (Å²) in [5.41, 5.74) is 0. The first kappa shape index (κ1) is 6.59. The Bertz CT molecular complexity index is 160. The number of carbonyl (C=O) groups excluding carboxylic acids is 1. The molecule has 0 N–H and O–H groups in total. The molecule has 0 saturated heterocycles. The maximum absolute atomic E-state index is 9.64. The van der Waals surface area contributed by atoms with Crippen molar-refractivity contribution in [1.29, 1.82) is 0 Å². The van der Waals surface area contributed by atoms with Gasteiger partial charge in [-0.2, -0.15) is 0 Å². The van der Waals surface area contributed by atoms with Crippen LogP contribution in [0.5, 0.6) is 0 Å². The molecule has 1 aliphatic heterocycles. The third-order valence-corrected chi connectivity index (χ3v) is 2.12. The number of nitrogens with zero attached hydrogens (tertiary/aromatic N) is 1. The second-order valence-corrected chi connectivity index (χ2v) is 2.79. The van der Waals surface area contributed by atoms with Crippen molar-refractivity contribution in [3.63, 3.8) is 0 Å². The van der Waals surface area contributed by atoms with Gasteiger partial charge in [0.05, 0.1) is 6.54 Å². The Balaban J connectivity index is 2.27. The van der Waals surface area contributed by atoms with E-state index in [4.69, 9.17) is 0 Å². The van der Waals surface area contributed by atoms with Crippen molar-refractivity contribution in [2.24, 2.45) is 10.9 Å². The highest BCUT2D eigenvalue weighted by molar-refractivity contribution is 8.02. The molecule has 0 spiro atoms. The lowest BCUT2D eigenvalue weighted by molar-refractivity contribution is 0.561. The lowest BCUT2D eigenvalue weighted by atomic mass is 10.2. The van der Waals surface area contributed by atoms with Gasteiger partial charge in [0.15, 0.2) is 0 Å². The molecular weight excluding hydrogens is 134 g/mol. The van der Waals surface area contributed by atoms with Gasteiger partial charge < -0.3 is 0 Å². The Morgan fingerprint density at radius 1 is 1.89 bits per heavy atom. The van der Waals surface area contributed by atoms with Gasteiger partial charge in [-0.25, -0.2) is 9.79 Å². The van der Waals surface area contributed by atoms with Crippen molar-refractivity contribution < 1.29 is 4.79 Å². The minimum atomic E-state index is 0.469. The van der Waals surface area contributed by atoms with Crippen LogP contribution in [0.3, 0.4) is 0 Å². The molecule has 0 bridgehead atoms. The first-order valence-corrected chi connectivity index (χ1v) is 3.80. The Morgan fingerprint density at radius 2 is 2.78 bits per heavy atom. The highest BCUT2D eigenvalue weighted by Crippen LogP contribution is 2.19. The van der Waals surface area contributed by atoms with E-state index in [9.17, 15) is 4.79 Å². The van der Waals surface area contributed by atoms with E-state index in [2.05, 4.69) is 11.1 Å². The van der Waals surface area contributed by atoms with Crippen molar-refractivity contribution in [2.75, 3.05) is 12.3 Å². The molecule has 1 atom stereocenters. The van der Waals surface area contributed by atoms with Gasteiger partial charge >= 0.3 is 0 Å². The fraction of sp³-hybridized carbons (Fsp3) is 0.500. The van der Waals surface area contributed by atoms with Gasteiger partial charge in [-0.15, -0.1) is 11.8 Å². The summed E-state index contributed by atoms with van der Waals surface area (Å²) in [5.74, 6) is 1.53. The molecular formula is C6H7NOS. The number of hydrogen-bond donors (Lipinski definition) is 0. The van der Waals surface area contributed by atoms with E-state index in [0.717, 1.165) is 5.75 Å². The lowest BCUT2D eigenvalue weighted by Gasteiger charge is -1.96. The molecule has 0 aromatic carbocycles. The molecule has 9 heavy (non-hydrogen) atoms. The minimum absolute atomic E-state index is 0.469. The van der Waals surface area contributed by atoms with Crippen molar-refractivity contribution >= 4 is 17.8 Å². The number of thioether (sulfide) groups is 1.